The molecule has 18 heavy (non-hydrogen) atoms. The highest BCUT2D eigenvalue weighted by Crippen LogP contribution is 2.18. The number of rotatable bonds is 4. The van der Waals surface area contributed by atoms with E-state index in [0.717, 1.165) is 0 Å². The van der Waals surface area contributed by atoms with Gasteiger partial charge in [-0.1, -0.05) is 6.07 Å². The molecule has 0 aliphatic rings. The van der Waals surface area contributed by atoms with Gasteiger partial charge in [-0.05, 0) is 12.1 Å². The van der Waals surface area contributed by atoms with Crippen molar-refractivity contribution >= 4 is 5.97 Å². The quantitative estimate of drug-likeness (QED) is 0.700. The maximum atomic E-state index is 11.6. The molecule has 94 valence electrons. The van der Waals surface area contributed by atoms with Gasteiger partial charge in [-0.3, -0.25) is 14.6 Å². The van der Waals surface area contributed by atoms with Gasteiger partial charge in [-0.15, -0.1) is 0 Å². The summed E-state index contributed by atoms with van der Waals surface area (Å²) in [6.07, 6.45) is 1.45. The average Bonchev–Trinajstić information content (AvgIpc) is 2.71. The molecule has 4 N–H and O–H groups in total. The lowest BCUT2D eigenvalue weighted by molar-refractivity contribution is -0.138. The van der Waals surface area contributed by atoms with Crippen LogP contribution in [-0.4, -0.2) is 27.3 Å². The molecule has 1 atom stereocenters. The zero-order chi connectivity index (χ0) is 13.1. The third kappa shape index (κ3) is 2.30. The lowest BCUT2D eigenvalue weighted by atomic mass is 10.1. The number of nitrogens with two attached hydrogens (primary N) is 1. The van der Waals surface area contributed by atoms with Gasteiger partial charge in [0.2, 0.25) is 0 Å². The molecule has 0 bridgehead atoms. The van der Waals surface area contributed by atoms with Crippen molar-refractivity contribution in [2.75, 3.05) is 0 Å². The van der Waals surface area contributed by atoms with E-state index in [-0.39, 0.29) is 17.7 Å². The third-order valence-electron chi connectivity index (χ3n) is 2.42. The van der Waals surface area contributed by atoms with E-state index < -0.39 is 17.6 Å². The van der Waals surface area contributed by atoms with Crippen LogP contribution in [0, 0.1) is 0 Å². The highest BCUT2D eigenvalue weighted by Gasteiger charge is 2.21. The Morgan fingerprint density at radius 1 is 1.56 bits per heavy atom. The van der Waals surface area contributed by atoms with Crippen molar-refractivity contribution in [3.63, 3.8) is 0 Å². The second-order valence-electron chi connectivity index (χ2n) is 3.70. The van der Waals surface area contributed by atoms with Gasteiger partial charge in [-0.25, -0.2) is 0 Å². The molecule has 0 amide bonds. The number of nitrogens with one attached hydrogen (secondary N) is 1. The Morgan fingerprint density at radius 3 is 2.94 bits per heavy atom. The second-order valence-corrected chi connectivity index (χ2v) is 3.70. The van der Waals surface area contributed by atoms with E-state index >= 15 is 0 Å². The third-order valence-corrected chi connectivity index (χ3v) is 2.42. The molecule has 2 aromatic rings. The fourth-order valence-corrected chi connectivity index (χ4v) is 1.54. The summed E-state index contributed by atoms with van der Waals surface area (Å²) in [5, 5.41) is 10.9. The molecule has 2 rings (SSSR count). The van der Waals surface area contributed by atoms with Crippen molar-refractivity contribution in [2.45, 2.75) is 12.5 Å². The zero-order valence-electron chi connectivity index (χ0n) is 9.29. The fraction of sp³-hybridized carbons (Fsp3) is 0.182. The largest absolute Gasteiger partial charge is 0.480 e. The van der Waals surface area contributed by atoms with Crippen LogP contribution in [-0.2, 0) is 11.2 Å². The Kier molecular flexibility index (Phi) is 3.24. The molecule has 0 aliphatic heterocycles. The van der Waals surface area contributed by atoms with Crippen LogP contribution in [0.25, 0.3) is 11.3 Å². The molecule has 0 saturated heterocycles. The maximum absolute atomic E-state index is 11.6. The lowest BCUT2D eigenvalue weighted by Crippen LogP contribution is -2.32. The maximum Gasteiger partial charge on any atom is 0.320 e. The first-order valence-corrected chi connectivity index (χ1v) is 5.19. The summed E-state index contributed by atoms with van der Waals surface area (Å²) in [6.45, 7) is 0. The minimum Gasteiger partial charge on any atom is -0.480 e. The highest BCUT2D eigenvalue weighted by molar-refractivity contribution is 5.74. The van der Waals surface area contributed by atoms with Crippen LogP contribution in [0.1, 0.15) is 5.76 Å². The molecule has 7 nitrogen and oxygen atoms in total. The van der Waals surface area contributed by atoms with Gasteiger partial charge in [0.15, 0.2) is 0 Å². The van der Waals surface area contributed by atoms with Crippen LogP contribution in [0.5, 0.6) is 0 Å². The van der Waals surface area contributed by atoms with E-state index in [1.807, 2.05) is 0 Å². The molecule has 0 unspecified atom stereocenters. The molecule has 0 saturated carbocycles. The average molecular weight is 249 g/mol. The summed E-state index contributed by atoms with van der Waals surface area (Å²) in [4.78, 5) is 26.3. The Balaban J connectivity index is 2.40. The fourth-order valence-electron chi connectivity index (χ4n) is 1.54. The van der Waals surface area contributed by atoms with E-state index in [1.54, 1.807) is 18.2 Å². The number of pyridine rings is 1. The van der Waals surface area contributed by atoms with Crippen molar-refractivity contribution in [3.8, 4) is 11.3 Å². The van der Waals surface area contributed by atoms with E-state index in [9.17, 15) is 9.59 Å². The number of H-pyrrole nitrogens is 1. The van der Waals surface area contributed by atoms with E-state index in [4.69, 9.17) is 15.4 Å². The van der Waals surface area contributed by atoms with Crippen molar-refractivity contribution in [2.24, 2.45) is 5.73 Å². The lowest BCUT2D eigenvalue weighted by Gasteiger charge is -2.04. The normalized spacial score (nSPS) is 12.3. The molecule has 0 fully saturated rings. The predicted molar refractivity (Wildman–Crippen MR) is 61.9 cm³/mol. The monoisotopic (exact) mass is 249 g/mol. The van der Waals surface area contributed by atoms with Gasteiger partial charge in [0.25, 0.3) is 5.56 Å². The van der Waals surface area contributed by atoms with Gasteiger partial charge >= 0.3 is 5.97 Å². The van der Waals surface area contributed by atoms with Crippen molar-refractivity contribution in [1.29, 1.82) is 0 Å². The van der Waals surface area contributed by atoms with Crippen LogP contribution in [0.15, 0.2) is 33.7 Å². The summed E-state index contributed by atoms with van der Waals surface area (Å²) in [6, 6.07) is 3.93. The molecule has 0 spiro atoms. The minimum atomic E-state index is -1.16. The summed E-state index contributed by atoms with van der Waals surface area (Å²) in [5.41, 5.74) is 5.58. The first-order chi connectivity index (χ1) is 8.59. The Labute approximate surface area is 101 Å². The van der Waals surface area contributed by atoms with E-state index in [1.165, 1.54) is 6.20 Å². The van der Waals surface area contributed by atoms with Crippen LogP contribution >= 0.6 is 0 Å². The number of carbonyl (C=O) groups is 1. The molecular weight excluding hydrogens is 238 g/mol. The second kappa shape index (κ2) is 4.84. The molecule has 0 aliphatic carbocycles. The van der Waals surface area contributed by atoms with Gasteiger partial charge in [0.1, 0.15) is 17.4 Å². The predicted octanol–water partition coefficient (Wildman–Crippen LogP) is -0.0157. The molecule has 0 aromatic carbocycles. The van der Waals surface area contributed by atoms with Crippen LogP contribution in [0.3, 0.4) is 0 Å². The smallest absolute Gasteiger partial charge is 0.320 e. The van der Waals surface area contributed by atoms with Crippen LogP contribution in [0.4, 0.5) is 0 Å². The van der Waals surface area contributed by atoms with Crippen LogP contribution < -0.4 is 11.3 Å². The number of hydrogen-bond acceptors (Lipinski definition) is 5. The first kappa shape index (κ1) is 12.1. The molecule has 0 radical (unpaired) electrons. The summed E-state index contributed by atoms with van der Waals surface area (Å²) < 4.78 is 4.95. The Morgan fingerprint density at radius 2 is 2.33 bits per heavy atom. The van der Waals surface area contributed by atoms with E-state index in [0.29, 0.717) is 5.69 Å². The van der Waals surface area contributed by atoms with Crippen molar-refractivity contribution in [1.82, 2.24) is 10.1 Å². The molecular formula is C11H11N3O4. The van der Waals surface area contributed by atoms with Gasteiger partial charge in [-0.2, -0.15) is 5.16 Å². The number of hydrogen-bond donors (Lipinski definition) is 3. The van der Waals surface area contributed by atoms with Gasteiger partial charge in [0.05, 0.1) is 5.69 Å². The number of aromatic nitrogens is 2. The molecule has 2 heterocycles. The number of nitrogens with zero attached hydrogens (tertiary/aromatic N) is 1. The Bertz CT molecular complexity index is 602. The topological polar surface area (TPSA) is 122 Å². The summed E-state index contributed by atoms with van der Waals surface area (Å²) >= 11 is 0. The number of carboxylic acids is 1. The van der Waals surface area contributed by atoms with Gasteiger partial charge in [0, 0.05) is 12.6 Å². The number of aromatic amines is 1. The Hall–Kier alpha value is -2.41. The standard InChI is InChI=1S/C11H11N3O4/c12-6(11(16)17)5-8-9(10(15)14-18-8)7-3-1-2-4-13-7/h1-4,6H,5,12H2,(H,14,15)(H,16,17)/t6-/m1/s1. The molecule has 7 heteroatoms. The van der Waals surface area contributed by atoms with Gasteiger partial charge < -0.3 is 15.4 Å². The number of carboxylic acid groups (broad SMARTS) is 1. The number of aliphatic carboxylic acids is 1. The minimum absolute atomic E-state index is 0.0834. The zero-order valence-corrected chi connectivity index (χ0v) is 9.29. The summed E-state index contributed by atoms with van der Waals surface area (Å²) in [5.74, 6) is -0.973. The van der Waals surface area contributed by atoms with Crippen LogP contribution in [0.2, 0.25) is 0 Å². The van der Waals surface area contributed by atoms with Crippen molar-refractivity contribution in [3.05, 3.63) is 40.5 Å². The summed E-state index contributed by atoms with van der Waals surface area (Å²) in [7, 11) is 0. The van der Waals surface area contributed by atoms with E-state index in [2.05, 4.69) is 10.1 Å². The van der Waals surface area contributed by atoms with Crippen molar-refractivity contribution < 1.29 is 14.4 Å². The molecule has 2 aromatic heterocycles. The SMILES string of the molecule is N[C@H](Cc1o[nH]c(=O)c1-c1ccccn1)C(=O)O. The highest BCUT2D eigenvalue weighted by atomic mass is 16.5. The first-order valence-electron chi connectivity index (χ1n) is 5.19.